The molecule has 1 heterocycles. The average Bonchev–Trinajstić information content (AvgIpc) is 2.54. The number of amides is 4. The Bertz CT molecular complexity index is 368. The van der Waals surface area contributed by atoms with Gasteiger partial charge in [0, 0.05) is 20.1 Å². The number of likely N-dealkylation sites (N-methyl/N-ethyl adjacent to an activating group) is 1. The first-order valence-corrected chi connectivity index (χ1v) is 5.06. The third-order valence-corrected chi connectivity index (χ3v) is 2.32. The van der Waals surface area contributed by atoms with Crippen molar-refractivity contribution in [1.82, 2.24) is 15.5 Å². The van der Waals surface area contributed by atoms with Crippen molar-refractivity contribution < 1.29 is 19.2 Å². The number of carbonyl (C=O) groups excluding carboxylic acids is 4. The van der Waals surface area contributed by atoms with Gasteiger partial charge >= 0.3 is 11.8 Å². The molecule has 8 heteroatoms. The summed E-state index contributed by atoms with van der Waals surface area (Å²) in [7, 11) is 1.32. The van der Waals surface area contributed by atoms with Gasteiger partial charge in [-0.2, -0.15) is 0 Å². The summed E-state index contributed by atoms with van der Waals surface area (Å²) in [6.45, 7) is 0.381. The quantitative estimate of drug-likeness (QED) is 0.358. The molecular weight excluding hydrogens is 228 g/mol. The fourth-order valence-corrected chi connectivity index (χ4v) is 1.36. The first-order chi connectivity index (χ1) is 7.97. The Labute approximate surface area is 97.5 Å². The van der Waals surface area contributed by atoms with Gasteiger partial charge in [0.1, 0.15) is 6.04 Å². The van der Waals surface area contributed by atoms with E-state index in [-0.39, 0.29) is 25.4 Å². The molecule has 0 bridgehead atoms. The molecule has 0 aromatic rings. The Hall–Kier alpha value is -1.96. The SMILES string of the molecule is CN1C(=O)CC(NC(=O)C(=O)NCCN)C1=O. The van der Waals surface area contributed by atoms with E-state index in [1.807, 2.05) is 0 Å². The maximum atomic E-state index is 11.4. The van der Waals surface area contributed by atoms with Gasteiger partial charge in [0.2, 0.25) is 5.91 Å². The largest absolute Gasteiger partial charge is 0.347 e. The summed E-state index contributed by atoms with van der Waals surface area (Å²) in [5, 5.41) is 4.45. The number of hydrogen-bond donors (Lipinski definition) is 3. The van der Waals surface area contributed by atoms with E-state index in [4.69, 9.17) is 5.73 Å². The lowest BCUT2D eigenvalue weighted by Gasteiger charge is -2.10. The fraction of sp³-hybridized carbons (Fsp3) is 0.556. The molecule has 0 spiro atoms. The topological polar surface area (TPSA) is 122 Å². The summed E-state index contributed by atoms with van der Waals surface area (Å²) in [5.74, 6) is -2.72. The number of nitrogens with two attached hydrogens (primary N) is 1. The molecule has 1 atom stereocenters. The smallest absolute Gasteiger partial charge is 0.309 e. The lowest BCUT2D eigenvalue weighted by atomic mass is 10.2. The van der Waals surface area contributed by atoms with E-state index in [9.17, 15) is 19.2 Å². The molecule has 0 aromatic carbocycles. The Morgan fingerprint density at radius 1 is 1.41 bits per heavy atom. The van der Waals surface area contributed by atoms with Crippen LogP contribution in [0.2, 0.25) is 0 Å². The van der Waals surface area contributed by atoms with E-state index in [0.29, 0.717) is 0 Å². The van der Waals surface area contributed by atoms with Gasteiger partial charge in [-0.05, 0) is 0 Å². The van der Waals surface area contributed by atoms with Crippen molar-refractivity contribution in [3.8, 4) is 0 Å². The van der Waals surface area contributed by atoms with Crippen molar-refractivity contribution in [3.63, 3.8) is 0 Å². The van der Waals surface area contributed by atoms with Crippen LogP contribution in [-0.2, 0) is 19.2 Å². The molecule has 8 nitrogen and oxygen atoms in total. The second-order valence-corrected chi connectivity index (χ2v) is 3.57. The second kappa shape index (κ2) is 5.39. The molecule has 1 fully saturated rings. The van der Waals surface area contributed by atoms with E-state index in [1.165, 1.54) is 7.05 Å². The van der Waals surface area contributed by atoms with E-state index < -0.39 is 23.8 Å². The summed E-state index contributed by atoms with van der Waals surface area (Å²) in [6, 6.07) is -0.955. The van der Waals surface area contributed by atoms with Crippen molar-refractivity contribution in [2.45, 2.75) is 12.5 Å². The molecule has 1 aliphatic heterocycles. The molecule has 4 amide bonds. The normalized spacial score (nSPS) is 19.4. The van der Waals surface area contributed by atoms with E-state index >= 15 is 0 Å². The zero-order chi connectivity index (χ0) is 13.0. The Kier molecular flexibility index (Phi) is 4.16. The Morgan fingerprint density at radius 2 is 2.06 bits per heavy atom. The van der Waals surface area contributed by atoms with Gasteiger partial charge in [-0.15, -0.1) is 0 Å². The molecule has 1 unspecified atom stereocenters. The highest BCUT2D eigenvalue weighted by Gasteiger charge is 2.37. The second-order valence-electron chi connectivity index (χ2n) is 3.57. The van der Waals surface area contributed by atoms with Crippen LogP contribution < -0.4 is 16.4 Å². The molecule has 0 aliphatic carbocycles. The number of carbonyl (C=O) groups is 4. The predicted octanol–water partition coefficient (Wildman–Crippen LogP) is -3.07. The van der Waals surface area contributed by atoms with Crippen molar-refractivity contribution in [3.05, 3.63) is 0 Å². The zero-order valence-corrected chi connectivity index (χ0v) is 9.36. The first kappa shape index (κ1) is 13.1. The summed E-state index contributed by atoms with van der Waals surface area (Å²) < 4.78 is 0. The average molecular weight is 242 g/mol. The van der Waals surface area contributed by atoms with Gasteiger partial charge in [0.05, 0.1) is 6.42 Å². The van der Waals surface area contributed by atoms with Crippen LogP contribution in [0.15, 0.2) is 0 Å². The zero-order valence-electron chi connectivity index (χ0n) is 9.36. The number of imide groups is 1. The minimum atomic E-state index is -0.955. The highest BCUT2D eigenvalue weighted by Crippen LogP contribution is 2.09. The van der Waals surface area contributed by atoms with Gasteiger partial charge in [-0.1, -0.05) is 0 Å². The van der Waals surface area contributed by atoms with Crippen LogP contribution in [0.3, 0.4) is 0 Å². The molecule has 1 rings (SSSR count). The Balaban J connectivity index is 2.50. The van der Waals surface area contributed by atoms with Crippen LogP contribution in [0.25, 0.3) is 0 Å². The molecular formula is C9H14N4O4. The van der Waals surface area contributed by atoms with Crippen LogP contribution in [-0.4, -0.2) is 54.7 Å². The lowest BCUT2D eigenvalue weighted by Crippen LogP contribution is -2.48. The van der Waals surface area contributed by atoms with Crippen molar-refractivity contribution in [2.24, 2.45) is 5.73 Å². The summed E-state index contributed by atoms with van der Waals surface area (Å²) in [6.07, 6.45) is -0.120. The number of hydrogen-bond acceptors (Lipinski definition) is 5. The molecule has 94 valence electrons. The molecule has 1 saturated heterocycles. The summed E-state index contributed by atoms with van der Waals surface area (Å²) >= 11 is 0. The highest BCUT2D eigenvalue weighted by molar-refractivity contribution is 6.35. The maximum absolute atomic E-state index is 11.4. The first-order valence-electron chi connectivity index (χ1n) is 5.06. The molecule has 1 aliphatic rings. The monoisotopic (exact) mass is 242 g/mol. The lowest BCUT2D eigenvalue weighted by molar-refractivity contribution is -0.141. The van der Waals surface area contributed by atoms with Gasteiger partial charge in [0.15, 0.2) is 0 Å². The summed E-state index contributed by atoms with van der Waals surface area (Å²) in [5.41, 5.74) is 5.15. The van der Waals surface area contributed by atoms with Crippen molar-refractivity contribution >= 4 is 23.6 Å². The third-order valence-electron chi connectivity index (χ3n) is 2.32. The van der Waals surface area contributed by atoms with E-state index in [0.717, 1.165) is 4.90 Å². The van der Waals surface area contributed by atoms with Gasteiger partial charge in [-0.3, -0.25) is 24.1 Å². The molecule has 4 N–H and O–H groups in total. The third kappa shape index (κ3) is 3.00. The van der Waals surface area contributed by atoms with Gasteiger partial charge in [-0.25, -0.2) is 0 Å². The summed E-state index contributed by atoms with van der Waals surface area (Å²) in [4.78, 5) is 46.0. The maximum Gasteiger partial charge on any atom is 0.309 e. The molecule has 0 radical (unpaired) electrons. The minimum absolute atomic E-state index is 0.120. The van der Waals surface area contributed by atoms with Crippen LogP contribution >= 0.6 is 0 Å². The van der Waals surface area contributed by atoms with E-state index in [1.54, 1.807) is 0 Å². The van der Waals surface area contributed by atoms with Crippen LogP contribution in [0.5, 0.6) is 0 Å². The minimum Gasteiger partial charge on any atom is -0.347 e. The van der Waals surface area contributed by atoms with Gasteiger partial charge in [0.25, 0.3) is 5.91 Å². The highest BCUT2D eigenvalue weighted by atomic mass is 16.2. The van der Waals surface area contributed by atoms with Crippen molar-refractivity contribution in [2.75, 3.05) is 20.1 Å². The van der Waals surface area contributed by atoms with Crippen molar-refractivity contribution in [1.29, 1.82) is 0 Å². The van der Waals surface area contributed by atoms with Crippen LogP contribution in [0.1, 0.15) is 6.42 Å². The predicted molar refractivity (Wildman–Crippen MR) is 56.4 cm³/mol. The molecule has 0 aromatic heterocycles. The number of nitrogens with one attached hydrogen (secondary N) is 2. The number of likely N-dealkylation sites (tertiary alicyclic amines) is 1. The fourth-order valence-electron chi connectivity index (χ4n) is 1.36. The number of rotatable bonds is 3. The Morgan fingerprint density at radius 3 is 2.53 bits per heavy atom. The number of nitrogens with zero attached hydrogens (tertiary/aromatic N) is 1. The van der Waals surface area contributed by atoms with E-state index in [2.05, 4.69) is 10.6 Å². The molecule has 0 saturated carbocycles. The molecule has 17 heavy (non-hydrogen) atoms. The standard InChI is InChI=1S/C9H14N4O4/c1-13-6(14)4-5(9(13)17)12-8(16)7(15)11-3-2-10/h5H,2-4,10H2,1H3,(H,11,15)(H,12,16). The van der Waals surface area contributed by atoms with Crippen LogP contribution in [0, 0.1) is 0 Å². The van der Waals surface area contributed by atoms with Gasteiger partial charge < -0.3 is 16.4 Å². The van der Waals surface area contributed by atoms with Crippen LogP contribution in [0.4, 0.5) is 0 Å².